The lowest BCUT2D eigenvalue weighted by molar-refractivity contribution is -0.120. The van der Waals surface area contributed by atoms with Crippen molar-refractivity contribution in [3.8, 4) is 0 Å². The van der Waals surface area contributed by atoms with E-state index in [1.54, 1.807) is 0 Å². The highest BCUT2D eigenvalue weighted by Gasteiger charge is 2.20. The molecule has 1 amide bonds. The molecule has 100 valence electrons. The van der Waals surface area contributed by atoms with Crippen LogP contribution in [0.15, 0.2) is 0 Å². The number of likely N-dealkylation sites (tertiary alicyclic amines) is 1. The topological polar surface area (TPSA) is 44.4 Å². The second kappa shape index (κ2) is 7.67. The quantitative estimate of drug-likeness (QED) is 0.694. The van der Waals surface area contributed by atoms with Crippen molar-refractivity contribution in [3.63, 3.8) is 0 Å². The van der Waals surface area contributed by atoms with E-state index in [0.29, 0.717) is 12.5 Å². The fraction of sp³-hybridized carbons (Fsp3) is 0.923. The van der Waals surface area contributed by atoms with Gasteiger partial charge in [-0.15, -0.1) is 0 Å². The highest BCUT2D eigenvalue weighted by molar-refractivity contribution is 5.78. The van der Waals surface area contributed by atoms with Crippen molar-refractivity contribution in [1.82, 2.24) is 15.5 Å². The van der Waals surface area contributed by atoms with E-state index < -0.39 is 0 Å². The van der Waals surface area contributed by atoms with Gasteiger partial charge < -0.3 is 15.5 Å². The Balaban J connectivity index is 2.06. The van der Waals surface area contributed by atoms with Crippen molar-refractivity contribution in [2.45, 2.75) is 39.7 Å². The van der Waals surface area contributed by atoms with Gasteiger partial charge in [0, 0.05) is 12.6 Å². The molecule has 4 nitrogen and oxygen atoms in total. The average molecular weight is 241 g/mol. The molecule has 0 aromatic carbocycles. The van der Waals surface area contributed by atoms with Crippen LogP contribution in [0.5, 0.6) is 0 Å². The van der Waals surface area contributed by atoms with Crippen molar-refractivity contribution in [2.75, 3.05) is 32.7 Å². The summed E-state index contributed by atoms with van der Waals surface area (Å²) < 4.78 is 0. The fourth-order valence-corrected chi connectivity index (χ4v) is 2.18. The summed E-state index contributed by atoms with van der Waals surface area (Å²) in [7, 11) is 0. The number of rotatable bonds is 7. The molecule has 0 aromatic rings. The second-order valence-electron chi connectivity index (χ2n) is 5.06. The van der Waals surface area contributed by atoms with E-state index >= 15 is 0 Å². The van der Waals surface area contributed by atoms with E-state index in [0.717, 1.165) is 19.5 Å². The summed E-state index contributed by atoms with van der Waals surface area (Å²) in [6.07, 6.45) is 2.24. The van der Waals surface area contributed by atoms with Gasteiger partial charge in [0.2, 0.25) is 5.91 Å². The molecule has 1 fully saturated rings. The summed E-state index contributed by atoms with van der Waals surface area (Å²) in [5.74, 6) is 0.830. The molecule has 1 saturated heterocycles. The standard InChI is InChI=1S/C13H27N3O/c1-4-11(3)15-13(17)9-14-8-12-6-7-16(5-2)10-12/h11-12,14H,4-10H2,1-3H3,(H,15,17). The molecular weight excluding hydrogens is 214 g/mol. The number of carbonyl (C=O) groups is 1. The van der Waals surface area contributed by atoms with Gasteiger partial charge in [0.1, 0.15) is 0 Å². The molecule has 0 saturated carbocycles. The highest BCUT2D eigenvalue weighted by atomic mass is 16.1. The minimum Gasteiger partial charge on any atom is -0.353 e. The lowest BCUT2D eigenvalue weighted by Crippen LogP contribution is -2.40. The first-order valence-corrected chi connectivity index (χ1v) is 6.88. The van der Waals surface area contributed by atoms with Crippen molar-refractivity contribution in [2.24, 2.45) is 5.92 Å². The summed E-state index contributed by atoms with van der Waals surface area (Å²) in [5, 5.41) is 6.23. The van der Waals surface area contributed by atoms with E-state index in [9.17, 15) is 4.79 Å². The summed E-state index contributed by atoms with van der Waals surface area (Å²) in [4.78, 5) is 14.0. The zero-order valence-corrected chi connectivity index (χ0v) is 11.5. The molecule has 1 heterocycles. The Hall–Kier alpha value is -0.610. The predicted octanol–water partition coefficient (Wildman–Crippen LogP) is 0.833. The van der Waals surface area contributed by atoms with Crippen LogP contribution in [0.25, 0.3) is 0 Å². The first-order valence-electron chi connectivity index (χ1n) is 6.88. The third-order valence-electron chi connectivity index (χ3n) is 3.56. The Morgan fingerprint density at radius 3 is 2.82 bits per heavy atom. The Bertz CT molecular complexity index is 233. The van der Waals surface area contributed by atoms with Crippen molar-refractivity contribution < 1.29 is 4.79 Å². The van der Waals surface area contributed by atoms with Crippen molar-refractivity contribution in [1.29, 1.82) is 0 Å². The largest absolute Gasteiger partial charge is 0.353 e. The van der Waals surface area contributed by atoms with Crippen LogP contribution in [0.2, 0.25) is 0 Å². The molecule has 0 radical (unpaired) electrons. The predicted molar refractivity (Wildman–Crippen MR) is 71.0 cm³/mol. The van der Waals surface area contributed by atoms with E-state index in [2.05, 4.69) is 29.4 Å². The van der Waals surface area contributed by atoms with Crippen LogP contribution in [0, 0.1) is 5.92 Å². The maximum atomic E-state index is 11.5. The molecule has 2 unspecified atom stereocenters. The second-order valence-corrected chi connectivity index (χ2v) is 5.06. The number of nitrogens with zero attached hydrogens (tertiary/aromatic N) is 1. The van der Waals surface area contributed by atoms with Gasteiger partial charge in [0.15, 0.2) is 0 Å². The molecule has 2 N–H and O–H groups in total. The Kier molecular flexibility index (Phi) is 6.52. The molecule has 2 atom stereocenters. The van der Waals surface area contributed by atoms with Crippen LogP contribution >= 0.6 is 0 Å². The monoisotopic (exact) mass is 241 g/mol. The molecule has 0 aliphatic carbocycles. The molecule has 0 bridgehead atoms. The Morgan fingerprint density at radius 1 is 1.47 bits per heavy atom. The number of hydrogen-bond acceptors (Lipinski definition) is 3. The first kappa shape index (κ1) is 14.5. The minimum atomic E-state index is 0.115. The van der Waals surface area contributed by atoms with Gasteiger partial charge >= 0.3 is 0 Å². The molecule has 17 heavy (non-hydrogen) atoms. The van der Waals surface area contributed by atoms with Crippen molar-refractivity contribution >= 4 is 5.91 Å². The smallest absolute Gasteiger partial charge is 0.234 e. The lowest BCUT2D eigenvalue weighted by atomic mass is 10.1. The van der Waals surface area contributed by atoms with E-state index in [4.69, 9.17) is 0 Å². The zero-order chi connectivity index (χ0) is 12.7. The highest BCUT2D eigenvalue weighted by Crippen LogP contribution is 2.14. The third-order valence-corrected chi connectivity index (χ3v) is 3.56. The summed E-state index contributed by atoms with van der Waals surface area (Å²) in [6.45, 7) is 11.3. The number of amides is 1. The summed E-state index contributed by atoms with van der Waals surface area (Å²) in [6, 6.07) is 0.284. The molecule has 1 rings (SSSR count). The van der Waals surface area contributed by atoms with E-state index in [-0.39, 0.29) is 11.9 Å². The molecule has 0 spiro atoms. The van der Waals surface area contributed by atoms with Gasteiger partial charge in [-0.2, -0.15) is 0 Å². The normalized spacial score (nSPS) is 22.6. The Morgan fingerprint density at radius 2 is 2.24 bits per heavy atom. The van der Waals surface area contributed by atoms with Gasteiger partial charge in [-0.25, -0.2) is 0 Å². The minimum absolute atomic E-state index is 0.115. The van der Waals surface area contributed by atoms with Crippen LogP contribution in [0.3, 0.4) is 0 Å². The lowest BCUT2D eigenvalue weighted by Gasteiger charge is -2.15. The maximum Gasteiger partial charge on any atom is 0.234 e. The fourth-order valence-electron chi connectivity index (χ4n) is 2.18. The summed E-state index contributed by atoms with van der Waals surface area (Å²) in [5.41, 5.74) is 0. The molecule has 1 aliphatic heterocycles. The Labute approximate surface area is 105 Å². The van der Waals surface area contributed by atoms with Gasteiger partial charge in [-0.1, -0.05) is 13.8 Å². The third kappa shape index (κ3) is 5.50. The summed E-state index contributed by atoms with van der Waals surface area (Å²) >= 11 is 0. The van der Waals surface area contributed by atoms with Crippen LogP contribution in [-0.2, 0) is 4.79 Å². The zero-order valence-electron chi connectivity index (χ0n) is 11.5. The molecule has 4 heteroatoms. The van der Waals surface area contributed by atoms with E-state index in [1.165, 1.54) is 19.5 Å². The number of hydrogen-bond donors (Lipinski definition) is 2. The average Bonchev–Trinajstić information content (AvgIpc) is 2.76. The number of nitrogens with one attached hydrogen (secondary N) is 2. The van der Waals surface area contributed by atoms with Crippen LogP contribution in [-0.4, -0.2) is 49.6 Å². The van der Waals surface area contributed by atoms with Crippen LogP contribution in [0.4, 0.5) is 0 Å². The van der Waals surface area contributed by atoms with Gasteiger partial charge in [-0.3, -0.25) is 4.79 Å². The molecule has 0 aromatic heterocycles. The molecule has 1 aliphatic rings. The van der Waals surface area contributed by atoms with Crippen LogP contribution in [0.1, 0.15) is 33.6 Å². The SMILES string of the molecule is CCC(C)NC(=O)CNCC1CCN(CC)C1. The van der Waals surface area contributed by atoms with Gasteiger partial charge in [0.05, 0.1) is 6.54 Å². The first-order chi connectivity index (χ1) is 8.15. The van der Waals surface area contributed by atoms with Gasteiger partial charge in [-0.05, 0) is 45.3 Å². The van der Waals surface area contributed by atoms with E-state index in [1.807, 2.05) is 6.92 Å². The van der Waals surface area contributed by atoms with Crippen LogP contribution < -0.4 is 10.6 Å². The van der Waals surface area contributed by atoms with Gasteiger partial charge in [0.25, 0.3) is 0 Å². The van der Waals surface area contributed by atoms with Crippen molar-refractivity contribution in [3.05, 3.63) is 0 Å². The molecular formula is C13H27N3O. The maximum absolute atomic E-state index is 11.5. The number of carbonyl (C=O) groups excluding carboxylic acids is 1.